The third-order valence-corrected chi connectivity index (χ3v) is 3.18. The average molecular weight is 257 g/mol. The van der Waals surface area contributed by atoms with Gasteiger partial charge in [0.15, 0.2) is 0 Å². The molecule has 106 valence electrons. The highest BCUT2D eigenvalue weighted by molar-refractivity contribution is 5.75. The van der Waals surface area contributed by atoms with Crippen LogP contribution in [-0.4, -0.2) is 23.5 Å². The number of carbonyl (C=O) groups excluding carboxylic acids is 1. The zero-order chi connectivity index (χ0) is 13.8. The molecular weight excluding hydrogens is 230 g/mol. The molecule has 0 aliphatic carbocycles. The van der Waals surface area contributed by atoms with Crippen LogP contribution in [0.3, 0.4) is 0 Å². The van der Waals surface area contributed by atoms with Crippen LogP contribution in [0, 0.1) is 5.92 Å². The Morgan fingerprint density at radius 1 is 1.11 bits per heavy atom. The van der Waals surface area contributed by atoms with Gasteiger partial charge in [-0.2, -0.15) is 0 Å². The van der Waals surface area contributed by atoms with E-state index in [1.165, 1.54) is 19.3 Å². The van der Waals surface area contributed by atoms with Gasteiger partial charge in [-0.05, 0) is 25.2 Å². The van der Waals surface area contributed by atoms with Crippen molar-refractivity contribution in [1.29, 1.82) is 0 Å². The molecule has 0 heterocycles. The summed E-state index contributed by atoms with van der Waals surface area (Å²) in [5.41, 5.74) is 0. The van der Waals surface area contributed by atoms with Crippen LogP contribution in [-0.2, 0) is 9.59 Å². The molecule has 0 radical (unpaired) electrons. The lowest BCUT2D eigenvalue weighted by Gasteiger charge is -2.15. The molecule has 4 heteroatoms. The highest BCUT2D eigenvalue weighted by Gasteiger charge is 2.08. The number of hydrogen-bond donors (Lipinski definition) is 2. The van der Waals surface area contributed by atoms with E-state index < -0.39 is 5.97 Å². The number of hydrogen-bond acceptors (Lipinski definition) is 2. The second-order valence-electron chi connectivity index (χ2n) is 4.82. The summed E-state index contributed by atoms with van der Waals surface area (Å²) in [5.74, 6) is -0.163. The van der Waals surface area contributed by atoms with Gasteiger partial charge in [0.1, 0.15) is 0 Å². The van der Waals surface area contributed by atoms with Crippen molar-refractivity contribution in [3.63, 3.8) is 0 Å². The molecule has 1 unspecified atom stereocenters. The molecule has 4 nitrogen and oxygen atoms in total. The second kappa shape index (κ2) is 11.1. The standard InChI is InChI=1S/C14H27NO3/c1-3-5-8-12(4-2)11-15-13(16)9-6-7-10-14(17)18/h12H,3-11H2,1-2H3,(H,15,16)(H,17,18). The molecule has 0 fully saturated rings. The molecule has 0 bridgehead atoms. The quantitative estimate of drug-likeness (QED) is 0.559. The molecular formula is C14H27NO3. The minimum absolute atomic E-state index is 0.0512. The second-order valence-corrected chi connectivity index (χ2v) is 4.82. The van der Waals surface area contributed by atoms with Crippen LogP contribution < -0.4 is 5.32 Å². The monoisotopic (exact) mass is 257 g/mol. The molecule has 1 amide bonds. The predicted molar refractivity (Wildman–Crippen MR) is 72.4 cm³/mol. The Bertz CT molecular complexity index is 241. The maximum absolute atomic E-state index is 11.5. The zero-order valence-electron chi connectivity index (χ0n) is 11.7. The van der Waals surface area contributed by atoms with Gasteiger partial charge in [0.25, 0.3) is 0 Å². The van der Waals surface area contributed by atoms with Gasteiger partial charge in [-0.15, -0.1) is 0 Å². The van der Waals surface area contributed by atoms with Crippen molar-refractivity contribution in [3.8, 4) is 0 Å². The van der Waals surface area contributed by atoms with E-state index >= 15 is 0 Å². The Hall–Kier alpha value is -1.06. The summed E-state index contributed by atoms with van der Waals surface area (Å²) in [7, 11) is 0. The number of amides is 1. The van der Waals surface area contributed by atoms with Crippen molar-refractivity contribution in [2.75, 3.05) is 6.54 Å². The predicted octanol–water partition coefficient (Wildman–Crippen LogP) is 2.96. The fourth-order valence-corrected chi connectivity index (χ4v) is 1.85. The van der Waals surface area contributed by atoms with E-state index in [0.29, 0.717) is 25.2 Å². The van der Waals surface area contributed by atoms with Crippen LogP contribution in [0.1, 0.15) is 65.2 Å². The number of carbonyl (C=O) groups is 2. The van der Waals surface area contributed by atoms with E-state index in [1.807, 2.05) is 0 Å². The van der Waals surface area contributed by atoms with Crippen LogP contribution in [0.5, 0.6) is 0 Å². The molecule has 0 aliphatic heterocycles. The first kappa shape index (κ1) is 16.9. The van der Waals surface area contributed by atoms with Crippen LogP contribution in [0.4, 0.5) is 0 Å². The summed E-state index contributed by atoms with van der Waals surface area (Å²) in [4.78, 5) is 21.8. The van der Waals surface area contributed by atoms with E-state index in [1.54, 1.807) is 0 Å². The van der Waals surface area contributed by atoms with Crippen molar-refractivity contribution >= 4 is 11.9 Å². The van der Waals surface area contributed by atoms with Gasteiger partial charge in [0.2, 0.25) is 5.91 Å². The zero-order valence-corrected chi connectivity index (χ0v) is 11.7. The first-order valence-electron chi connectivity index (χ1n) is 7.08. The lowest BCUT2D eigenvalue weighted by Crippen LogP contribution is -2.28. The molecule has 0 saturated carbocycles. The number of rotatable bonds is 11. The summed E-state index contributed by atoms with van der Waals surface area (Å²) in [6.07, 6.45) is 6.51. The van der Waals surface area contributed by atoms with Gasteiger partial charge in [-0.3, -0.25) is 9.59 Å². The van der Waals surface area contributed by atoms with Gasteiger partial charge in [-0.1, -0.05) is 33.1 Å². The normalized spacial score (nSPS) is 12.1. The smallest absolute Gasteiger partial charge is 0.303 e. The van der Waals surface area contributed by atoms with Crippen molar-refractivity contribution in [3.05, 3.63) is 0 Å². The van der Waals surface area contributed by atoms with Crippen molar-refractivity contribution in [2.45, 2.75) is 65.2 Å². The molecule has 1 atom stereocenters. The minimum atomic E-state index is -0.791. The average Bonchev–Trinajstić information content (AvgIpc) is 2.34. The number of aliphatic carboxylic acids is 1. The van der Waals surface area contributed by atoms with Crippen molar-refractivity contribution in [2.24, 2.45) is 5.92 Å². The third-order valence-electron chi connectivity index (χ3n) is 3.18. The molecule has 0 aromatic carbocycles. The van der Waals surface area contributed by atoms with Crippen LogP contribution in [0.2, 0.25) is 0 Å². The Morgan fingerprint density at radius 2 is 1.78 bits per heavy atom. The number of carboxylic acids is 1. The molecule has 0 aliphatic rings. The molecule has 0 aromatic rings. The Morgan fingerprint density at radius 3 is 2.33 bits per heavy atom. The first-order valence-corrected chi connectivity index (χ1v) is 7.08. The van der Waals surface area contributed by atoms with Gasteiger partial charge in [-0.25, -0.2) is 0 Å². The van der Waals surface area contributed by atoms with E-state index in [9.17, 15) is 9.59 Å². The number of nitrogens with one attached hydrogen (secondary N) is 1. The largest absolute Gasteiger partial charge is 0.481 e. The lowest BCUT2D eigenvalue weighted by atomic mass is 9.99. The van der Waals surface area contributed by atoms with Crippen LogP contribution in [0.15, 0.2) is 0 Å². The molecule has 0 rings (SSSR count). The van der Waals surface area contributed by atoms with E-state index in [2.05, 4.69) is 19.2 Å². The molecule has 0 saturated heterocycles. The highest BCUT2D eigenvalue weighted by atomic mass is 16.4. The summed E-state index contributed by atoms with van der Waals surface area (Å²) in [5, 5.41) is 11.4. The molecule has 2 N–H and O–H groups in total. The van der Waals surface area contributed by atoms with Crippen molar-refractivity contribution in [1.82, 2.24) is 5.32 Å². The maximum Gasteiger partial charge on any atom is 0.303 e. The highest BCUT2D eigenvalue weighted by Crippen LogP contribution is 2.11. The van der Waals surface area contributed by atoms with Crippen molar-refractivity contribution < 1.29 is 14.7 Å². The van der Waals surface area contributed by atoms with E-state index in [0.717, 1.165) is 13.0 Å². The summed E-state index contributed by atoms with van der Waals surface area (Å²) in [6.45, 7) is 5.08. The van der Waals surface area contributed by atoms with E-state index in [4.69, 9.17) is 5.11 Å². The SMILES string of the molecule is CCCCC(CC)CNC(=O)CCCCC(=O)O. The maximum atomic E-state index is 11.5. The van der Waals surface area contributed by atoms with Gasteiger partial charge >= 0.3 is 5.97 Å². The minimum Gasteiger partial charge on any atom is -0.481 e. The topological polar surface area (TPSA) is 66.4 Å². The molecule has 0 spiro atoms. The Labute approximate surface area is 110 Å². The summed E-state index contributed by atoms with van der Waals surface area (Å²) in [6, 6.07) is 0. The van der Waals surface area contributed by atoms with Gasteiger partial charge in [0, 0.05) is 19.4 Å². The number of unbranched alkanes of at least 4 members (excludes halogenated alkanes) is 2. The van der Waals surface area contributed by atoms with Gasteiger partial charge in [0.05, 0.1) is 0 Å². The van der Waals surface area contributed by atoms with Crippen LogP contribution in [0.25, 0.3) is 0 Å². The summed E-state index contributed by atoms with van der Waals surface area (Å²) >= 11 is 0. The summed E-state index contributed by atoms with van der Waals surface area (Å²) < 4.78 is 0. The Kier molecular flexibility index (Phi) is 10.4. The van der Waals surface area contributed by atoms with Crippen LogP contribution >= 0.6 is 0 Å². The molecule has 18 heavy (non-hydrogen) atoms. The lowest BCUT2D eigenvalue weighted by molar-refractivity contribution is -0.137. The first-order chi connectivity index (χ1) is 8.60. The fourth-order valence-electron chi connectivity index (χ4n) is 1.85. The van der Waals surface area contributed by atoms with E-state index in [-0.39, 0.29) is 12.3 Å². The Balaban J connectivity index is 3.58. The molecule has 0 aromatic heterocycles. The number of carboxylic acid groups (broad SMARTS) is 1. The third kappa shape index (κ3) is 10.1. The fraction of sp³-hybridized carbons (Fsp3) is 0.857. The van der Waals surface area contributed by atoms with Gasteiger partial charge < -0.3 is 10.4 Å².